The number of carbonyl (C=O) groups is 2. The van der Waals surface area contributed by atoms with Crippen molar-refractivity contribution in [1.82, 2.24) is 10.2 Å². The summed E-state index contributed by atoms with van der Waals surface area (Å²) in [6, 6.07) is 0.255. The molecule has 1 rings (SSSR count). The van der Waals surface area contributed by atoms with Crippen molar-refractivity contribution in [1.29, 1.82) is 0 Å². The van der Waals surface area contributed by atoms with Crippen LogP contribution in [-0.2, 0) is 14.3 Å². The molecule has 0 saturated carbocycles. The number of nitrogens with zero attached hydrogens (tertiary/aromatic N) is 1. The second-order valence-corrected chi connectivity index (χ2v) is 4.11. The number of carbonyl (C=O) groups excluding carboxylic acids is 2. The fourth-order valence-electron chi connectivity index (χ4n) is 1.37. The van der Waals surface area contributed by atoms with Crippen LogP contribution in [0.3, 0.4) is 0 Å². The SMILES string of the molecule is CC(C)NCC(O)CN1C(=O)COCC1=O. The number of hydrogen-bond donors (Lipinski definition) is 2. The number of nitrogens with one attached hydrogen (secondary N) is 1. The quantitative estimate of drug-likeness (QED) is 0.576. The molecular weight excluding hydrogens is 212 g/mol. The van der Waals surface area contributed by atoms with Gasteiger partial charge in [0.1, 0.15) is 13.2 Å². The number of morpholine rings is 1. The van der Waals surface area contributed by atoms with Crippen molar-refractivity contribution >= 4 is 11.8 Å². The number of amides is 2. The van der Waals surface area contributed by atoms with E-state index in [1.165, 1.54) is 0 Å². The summed E-state index contributed by atoms with van der Waals surface area (Å²) in [6.07, 6.45) is -0.742. The zero-order valence-corrected chi connectivity index (χ0v) is 9.60. The predicted octanol–water partition coefficient (Wildman–Crippen LogP) is -1.27. The highest BCUT2D eigenvalue weighted by atomic mass is 16.5. The standard InChI is InChI=1S/C10H18N2O4/c1-7(2)11-3-8(13)4-12-9(14)5-16-6-10(12)15/h7-8,11,13H,3-6H2,1-2H3. The molecule has 2 N–H and O–H groups in total. The molecule has 1 fully saturated rings. The molecule has 1 unspecified atom stereocenters. The van der Waals surface area contributed by atoms with Crippen LogP contribution in [0.2, 0.25) is 0 Å². The van der Waals surface area contributed by atoms with Gasteiger partial charge in [-0.25, -0.2) is 0 Å². The van der Waals surface area contributed by atoms with Crippen LogP contribution in [0.4, 0.5) is 0 Å². The Kier molecular flexibility index (Phi) is 4.85. The molecule has 1 aliphatic rings. The lowest BCUT2D eigenvalue weighted by molar-refractivity contribution is -0.160. The monoisotopic (exact) mass is 230 g/mol. The van der Waals surface area contributed by atoms with Gasteiger partial charge < -0.3 is 15.2 Å². The molecule has 1 atom stereocenters. The molecule has 0 aliphatic carbocycles. The highest BCUT2D eigenvalue weighted by Gasteiger charge is 2.28. The van der Waals surface area contributed by atoms with Crippen LogP contribution in [0.25, 0.3) is 0 Å². The molecule has 0 radical (unpaired) electrons. The molecule has 2 amide bonds. The average molecular weight is 230 g/mol. The lowest BCUT2D eigenvalue weighted by Gasteiger charge is -2.27. The van der Waals surface area contributed by atoms with E-state index in [-0.39, 0.29) is 37.6 Å². The third-order valence-corrected chi connectivity index (χ3v) is 2.21. The van der Waals surface area contributed by atoms with Gasteiger partial charge in [-0.3, -0.25) is 14.5 Å². The third kappa shape index (κ3) is 3.88. The molecule has 0 aromatic rings. The van der Waals surface area contributed by atoms with Gasteiger partial charge in [0, 0.05) is 12.6 Å². The van der Waals surface area contributed by atoms with Crippen molar-refractivity contribution in [3.8, 4) is 0 Å². The fraction of sp³-hybridized carbons (Fsp3) is 0.800. The van der Waals surface area contributed by atoms with Gasteiger partial charge in [0.05, 0.1) is 12.6 Å². The number of ether oxygens (including phenoxy) is 1. The van der Waals surface area contributed by atoms with Gasteiger partial charge in [-0.1, -0.05) is 13.8 Å². The second-order valence-electron chi connectivity index (χ2n) is 4.11. The van der Waals surface area contributed by atoms with Gasteiger partial charge in [-0.15, -0.1) is 0 Å². The molecule has 0 aromatic carbocycles. The number of aliphatic hydroxyl groups excluding tert-OH is 1. The molecule has 1 heterocycles. The van der Waals surface area contributed by atoms with E-state index in [2.05, 4.69) is 5.32 Å². The van der Waals surface area contributed by atoms with Crippen LogP contribution in [-0.4, -0.2) is 60.3 Å². The van der Waals surface area contributed by atoms with E-state index < -0.39 is 6.10 Å². The Morgan fingerprint density at radius 2 is 1.94 bits per heavy atom. The van der Waals surface area contributed by atoms with E-state index in [1.54, 1.807) is 0 Å². The zero-order valence-electron chi connectivity index (χ0n) is 9.60. The summed E-state index contributed by atoms with van der Waals surface area (Å²) >= 11 is 0. The van der Waals surface area contributed by atoms with Crippen molar-refractivity contribution < 1.29 is 19.4 Å². The molecule has 16 heavy (non-hydrogen) atoms. The summed E-state index contributed by atoms with van der Waals surface area (Å²) < 4.78 is 4.77. The van der Waals surface area contributed by atoms with E-state index in [0.717, 1.165) is 4.90 Å². The first-order valence-electron chi connectivity index (χ1n) is 5.33. The minimum absolute atomic E-state index is 0.0285. The molecule has 0 aromatic heterocycles. The lowest BCUT2D eigenvalue weighted by atomic mass is 10.2. The van der Waals surface area contributed by atoms with Gasteiger partial charge in [0.15, 0.2) is 0 Å². The molecule has 1 saturated heterocycles. The Labute approximate surface area is 94.6 Å². The number of rotatable bonds is 5. The van der Waals surface area contributed by atoms with Crippen molar-refractivity contribution in [3.05, 3.63) is 0 Å². The van der Waals surface area contributed by atoms with Crippen LogP contribution in [0.15, 0.2) is 0 Å². The van der Waals surface area contributed by atoms with Gasteiger partial charge in [0.2, 0.25) is 0 Å². The fourth-order valence-corrected chi connectivity index (χ4v) is 1.37. The normalized spacial score (nSPS) is 19.4. The molecule has 92 valence electrons. The first kappa shape index (κ1) is 13.1. The Hall–Kier alpha value is -0.980. The summed E-state index contributed by atoms with van der Waals surface area (Å²) in [6.45, 7) is 4.12. The van der Waals surface area contributed by atoms with Crippen LogP contribution in [0.1, 0.15) is 13.8 Å². The predicted molar refractivity (Wildman–Crippen MR) is 56.7 cm³/mol. The first-order chi connectivity index (χ1) is 7.50. The van der Waals surface area contributed by atoms with E-state index in [1.807, 2.05) is 13.8 Å². The van der Waals surface area contributed by atoms with Crippen molar-refractivity contribution in [2.75, 3.05) is 26.3 Å². The Morgan fingerprint density at radius 3 is 2.44 bits per heavy atom. The van der Waals surface area contributed by atoms with Gasteiger partial charge in [-0.2, -0.15) is 0 Å². The summed E-state index contributed by atoms with van der Waals surface area (Å²) in [4.78, 5) is 23.7. The molecule has 6 nitrogen and oxygen atoms in total. The second kappa shape index (κ2) is 5.93. The van der Waals surface area contributed by atoms with Crippen molar-refractivity contribution in [3.63, 3.8) is 0 Å². The Morgan fingerprint density at radius 1 is 1.38 bits per heavy atom. The zero-order chi connectivity index (χ0) is 12.1. The Bertz CT molecular complexity index is 252. The molecule has 1 aliphatic heterocycles. The average Bonchev–Trinajstić information content (AvgIpc) is 2.21. The highest BCUT2D eigenvalue weighted by Crippen LogP contribution is 2.02. The highest BCUT2D eigenvalue weighted by molar-refractivity contribution is 5.98. The summed E-state index contributed by atoms with van der Waals surface area (Å²) in [5.74, 6) is -0.778. The molecule has 6 heteroatoms. The van der Waals surface area contributed by atoms with Crippen LogP contribution >= 0.6 is 0 Å². The largest absolute Gasteiger partial charge is 0.390 e. The van der Waals surface area contributed by atoms with Crippen molar-refractivity contribution in [2.24, 2.45) is 0 Å². The van der Waals surface area contributed by atoms with Crippen LogP contribution < -0.4 is 5.32 Å². The van der Waals surface area contributed by atoms with Crippen LogP contribution in [0.5, 0.6) is 0 Å². The summed E-state index contributed by atoms with van der Waals surface area (Å²) in [5.41, 5.74) is 0. The number of aliphatic hydroxyl groups is 1. The Balaban J connectivity index is 2.39. The maximum Gasteiger partial charge on any atom is 0.255 e. The summed E-state index contributed by atoms with van der Waals surface area (Å²) in [5, 5.41) is 12.7. The van der Waals surface area contributed by atoms with E-state index in [9.17, 15) is 14.7 Å². The molecule has 0 bridgehead atoms. The topological polar surface area (TPSA) is 78.9 Å². The maximum atomic E-state index is 11.3. The van der Waals surface area contributed by atoms with Crippen LogP contribution in [0, 0.1) is 0 Å². The summed E-state index contributed by atoms with van der Waals surface area (Å²) in [7, 11) is 0. The number of imide groups is 1. The molecule has 0 spiro atoms. The lowest BCUT2D eigenvalue weighted by Crippen LogP contribution is -2.51. The first-order valence-corrected chi connectivity index (χ1v) is 5.33. The van der Waals surface area contributed by atoms with E-state index in [0.29, 0.717) is 6.54 Å². The molecular formula is C10H18N2O4. The number of hydrogen-bond acceptors (Lipinski definition) is 5. The number of β-amino-alcohol motifs (C(OH)–C–C–N with tert-alkyl or cyclic N) is 1. The smallest absolute Gasteiger partial charge is 0.255 e. The van der Waals surface area contributed by atoms with Gasteiger partial charge in [0.25, 0.3) is 11.8 Å². The maximum absolute atomic E-state index is 11.3. The third-order valence-electron chi connectivity index (χ3n) is 2.21. The minimum Gasteiger partial charge on any atom is -0.390 e. The van der Waals surface area contributed by atoms with Gasteiger partial charge in [-0.05, 0) is 0 Å². The van der Waals surface area contributed by atoms with Gasteiger partial charge >= 0.3 is 0 Å². The minimum atomic E-state index is -0.742. The van der Waals surface area contributed by atoms with E-state index >= 15 is 0 Å². The van der Waals surface area contributed by atoms with E-state index in [4.69, 9.17) is 4.74 Å². The van der Waals surface area contributed by atoms with Crippen molar-refractivity contribution in [2.45, 2.75) is 26.0 Å².